The highest BCUT2D eigenvalue weighted by Crippen LogP contribution is 2.38. The second kappa shape index (κ2) is 8.74. The second-order valence-electron chi connectivity index (χ2n) is 6.00. The van der Waals surface area contributed by atoms with Crippen LogP contribution in [0.25, 0.3) is 0 Å². The van der Waals surface area contributed by atoms with E-state index in [0.717, 1.165) is 17.7 Å². The van der Waals surface area contributed by atoms with Crippen molar-refractivity contribution in [1.29, 1.82) is 0 Å². The Morgan fingerprint density at radius 2 is 1.90 bits per heavy atom. The van der Waals surface area contributed by atoms with Crippen molar-refractivity contribution in [3.8, 4) is 0 Å². The molecular weight excluding hydrogens is 262 g/mol. The van der Waals surface area contributed by atoms with Gasteiger partial charge < -0.3 is 5.32 Å². The molecule has 0 heterocycles. The van der Waals surface area contributed by atoms with Gasteiger partial charge in [-0.1, -0.05) is 44.9 Å². The van der Waals surface area contributed by atoms with Crippen LogP contribution in [0.5, 0.6) is 0 Å². The summed E-state index contributed by atoms with van der Waals surface area (Å²) in [5, 5.41) is 4.53. The minimum Gasteiger partial charge on any atom is -0.313 e. The number of rotatable bonds is 7. The highest BCUT2D eigenvalue weighted by molar-refractivity contribution is 8.00. The summed E-state index contributed by atoms with van der Waals surface area (Å²) in [7, 11) is 0. The summed E-state index contributed by atoms with van der Waals surface area (Å²) in [6, 6.07) is 11.6. The van der Waals surface area contributed by atoms with Crippen LogP contribution in [0.1, 0.15) is 52.4 Å². The van der Waals surface area contributed by atoms with Gasteiger partial charge in [-0.2, -0.15) is 0 Å². The van der Waals surface area contributed by atoms with Gasteiger partial charge in [0.2, 0.25) is 0 Å². The lowest BCUT2D eigenvalue weighted by molar-refractivity contribution is 0.287. The van der Waals surface area contributed by atoms with Gasteiger partial charge in [0.25, 0.3) is 0 Å². The zero-order valence-corrected chi connectivity index (χ0v) is 13.8. The summed E-state index contributed by atoms with van der Waals surface area (Å²) in [6.07, 6.45) is 8.13. The third-order valence-electron chi connectivity index (χ3n) is 4.28. The number of benzene rings is 1. The monoisotopic (exact) mass is 291 g/mol. The molecule has 2 heteroatoms. The fraction of sp³-hybridized carbons (Fsp3) is 0.667. The van der Waals surface area contributed by atoms with E-state index in [-0.39, 0.29) is 0 Å². The van der Waals surface area contributed by atoms with Crippen molar-refractivity contribution in [3.05, 3.63) is 30.3 Å². The maximum atomic E-state index is 3.78. The topological polar surface area (TPSA) is 12.0 Å². The molecule has 1 aliphatic carbocycles. The predicted molar refractivity (Wildman–Crippen MR) is 90.4 cm³/mol. The molecule has 1 saturated carbocycles. The zero-order chi connectivity index (χ0) is 14.2. The van der Waals surface area contributed by atoms with E-state index in [9.17, 15) is 0 Å². The molecule has 0 amide bonds. The number of hydrogen-bond donors (Lipinski definition) is 1. The van der Waals surface area contributed by atoms with Crippen LogP contribution in [0.4, 0.5) is 0 Å². The van der Waals surface area contributed by atoms with E-state index in [1.165, 1.54) is 43.4 Å². The molecule has 1 aromatic rings. The number of hydrogen-bond acceptors (Lipinski definition) is 2. The van der Waals surface area contributed by atoms with Crippen molar-refractivity contribution in [1.82, 2.24) is 5.32 Å². The van der Waals surface area contributed by atoms with Gasteiger partial charge in [-0.25, -0.2) is 0 Å². The molecule has 0 saturated heterocycles. The minimum absolute atomic E-state index is 0.702. The Morgan fingerprint density at radius 1 is 1.10 bits per heavy atom. The lowest BCUT2D eigenvalue weighted by atomic mass is 9.83. The minimum atomic E-state index is 0.702. The highest BCUT2D eigenvalue weighted by Gasteiger charge is 2.30. The van der Waals surface area contributed by atoms with Crippen molar-refractivity contribution < 1.29 is 0 Å². The van der Waals surface area contributed by atoms with Crippen molar-refractivity contribution in [2.75, 3.05) is 6.54 Å². The molecule has 0 aliphatic heterocycles. The summed E-state index contributed by atoms with van der Waals surface area (Å²) in [5.41, 5.74) is 0. The van der Waals surface area contributed by atoms with Gasteiger partial charge in [0, 0.05) is 16.2 Å². The Kier molecular flexibility index (Phi) is 6.95. The Hall–Kier alpha value is -0.470. The van der Waals surface area contributed by atoms with Crippen molar-refractivity contribution in [2.24, 2.45) is 5.92 Å². The first-order chi connectivity index (χ1) is 9.83. The van der Waals surface area contributed by atoms with E-state index in [0.29, 0.717) is 6.04 Å². The number of thioether (sulfide) groups is 1. The van der Waals surface area contributed by atoms with Crippen LogP contribution in [0.2, 0.25) is 0 Å². The van der Waals surface area contributed by atoms with E-state index in [1.54, 1.807) is 0 Å². The molecule has 1 aromatic carbocycles. The first-order valence-electron chi connectivity index (χ1n) is 8.28. The average Bonchev–Trinajstić information content (AvgIpc) is 2.48. The van der Waals surface area contributed by atoms with Crippen LogP contribution in [0.3, 0.4) is 0 Å². The quantitative estimate of drug-likeness (QED) is 0.748. The Labute approximate surface area is 128 Å². The largest absolute Gasteiger partial charge is 0.313 e. The Balaban J connectivity index is 1.97. The van der Waals surface area contributed by atoms with E-state index in [1.807, 2.05) is 0 Å². The molecular formula is C18H29NS. The van der Waals surface area contributed by atoms with Gasteiger partial charge in [-0.3, -0.25) is 0 Å². The fourth-order valence-electron chi connectivity index (χ4n) is 3.25. The molecule has 0 radical (unpaired) electrons. The molecule has 0 aromatic heterocycles. The Bertz CT molecular complexity index is 365. The molecule has 1 aliphatic rings. The van der Waals surface area contributed by atoms with Crippen molar-refractivity contribution in [2.45, 2.75) is 68.6 Å². The van der Waals surface area contributed by atoms with Gasteiger partial charge in [0.05, 0.1) is 0 Å². The van der Waals surface area contributed by atoms with E-state index >= 15 is 0 Å². The smallest absolute Gasteiger partial charge is 0.0251 e. The van der Waals surface area contributed by atoms with Gasteiger partial charge in [0.15, 0.2) is 0 Å². The van der Waals surface area contributed by atoms with E-state index in [2.05, 4.69) is 61.3 Å². The fourth-order valence-corrected chi connectivity index (χ4v) is 4.68. The lowest BCUT2D eigenvalue weighted by Crippen LogP contribution is -2.42. The number of nitrogens with one attached hydrogen (secondary N) is 1. The van der Waals surface area contributed by atoms with E-state index in [4.69, 9.17) is 0 Å². The Morgan fingerprint density at radius 3 is 2.60 bits per heavy atom. The average molecular weight is 292 g/mol. The maximum Gasteiger partial charge on any atom is 0.0251 e. The summed E-state index contributed by atoms with van der Waals surface area (Å²) in [6.45, 7) is 5.74. The van der Waals surface area contributed by atoms with Crippen LogP contribution < -0.4 is 5.32 Å². The summed E-state index contributed by atoms with van der Waals surface area (Å²) < 4.78 is 0. The molecule has 0 bridgehead atoms. The first-order valence-corrected chi connectivity index (χ1v) is 9.16. The molecule has 2 rings (SSSR count). The van der Waals surface area contributed by atoms with Crippen LogP contribution in [0.15, 0.2) is 35.2 Å². The molecule has 112 valence electrons. The normalized spacial score (nSPS) is 26.6. The summed E-state index contributed by atoms with van der Waals surface area (Å²) in [5.74, 6) is 0.945. The van der Waals surface area contributed by atoms with Crippen LogP contribution in [-0.4, -0.2) is 17.8 Å². The van der Waals surface area contributed by atoms with Gasteiger partial charge in [-0.15, -0.1) is 11.8 Å². The molecule has 0 spiro atoms. The third kappa shape index (κ3) is 4.82. The van der Waals surface area contributed by atoms with Crippen LogP contribution in [0, 0.1) is 5.92 Å². The van der Waals surface area contributed by atoms with Crippen LogP contribution in [-0.2, 0) is 0 Å². The van der Waals surface area contributed by atoms with Gasteiger partial charge in [-0.05, 0) is 50.3 Å². The first kappa shape index (κ1) is 15.9. The molecule has 20 heavy (non-hydrogen) atoms. The van der Waals surface area contributed by atoms with Gasteiger partial charge >= 0.3 is 0 Å². The lowest BCUT2D eigenvalue weighted by Gasteiger charge is -2.36. The molecule has 3 unspecified atom stereocenters. The molecule has 1 nitrogen and oxygen atoms in total. The summed E-state index contributed by atoms with van der Waals surface area (Å²) >= 11 is 2.09. The molecule has 1 N–H and O–H groups in total. The third-order valence-corrected chi connectivity index (χ3v) is 5.65. The standard InChI is InChI=1S/C18H29NS/c1-3-8-15-11-12-17(19-13-4-2)18(14-15)20-16-9-6-5-7-10-16/h5-7,9-10,15,17-19H,3-4,8,11-14H2,1-2H3. The maximum absolute atomic E-state index is 3.78. The second-order valence-corrected chi connectivity index (χ2v) is 7.31. The van der Waals surface area contributed by atoms with Crippen molar-refractivity contribution >= 4 is 11.8 Å². The van der Waals surface area contributed by atoms with E-state index < -0.39 is 0 Å². The zero-order valence-electron chi connectivity index (χ0n) is 13.0. The predicted octanol–water partition coefficient (Wildman–Crippen LogP) is 5.12. The summed E-state index contributed by atoms with van der Waals surface area (Å²) in [4.78, 5) is 1.43. The van der Waals surface area contributed by atoms with Crippen LogP contribution >= 0.6 is 11.8 Å². The SMILES string of the molecule is CCCNC1CCC(CCC)CC1Sc1ccccc1. The van der Waals surface area contributed by atoms with Crippen molar-refractivity contribution in [3.63, 3.8) is 0 Å². The molecule has 1 fully saturated rings. The molecule has 3 atom stereocenters. The highest BCUT2D eigenvalue weighted by atomic mass is 32.2. The van der Waals surface area contributed by atoms with Gasteiger partial charge in [0.1, 0.15) is 0 Å².